The molecule has 0 spiro atoms. The molecule has 6 nitrogen and oxygen atoms in total. The first-order chi connectivity index (χ1) is 13.1. The number of aryl methyl sites for hydroxylation is 1. The van der Waals surface area contributed by atoms with E-state index in [-0.39, 0.29) is 5.75 Å². The maximum Gasteiger partial charge on any atom is 0.193 e. The number of nitrogens with one attached hydrogen (secondary N) is 1. The molecule has 0 radical (unpaired) electrons. The van der Waals surface area contributed by atoms with E-state index >= 15 is 0 Å². The van der Waals surface area contributed by atoms with Crippen molar-refractivity contribution in [2.45, 2.75) is 31.9 Å². The first kappa shape index (κ1) is 21.2. The molecule has 2 heterocycles. The number of halogens is 1. The fourth-order valence-electron chi connectivity index (χ4n) is 4.03. The summed E-state index contributed by atoms with van der Waals surface area (Å²) in [6, 6.07) is 6.04. The molecule has 3 rings (SSSR count). The van der Waals surface area contributed by atoms with Crippen LogP contribution in [0.5, 0.6) is 0 Å². The molecule has 2 fully saturated rings. The Kier molecular flexibility index (Phi) is 6.15. The van der Waals surface area contributed by atoms with Gasteiger partial charge in [0.2, 0.25) is 0 Å². The molecule has 1 unspecified atom stereocenters. The molecule has 0 saturated carbocycles. The van der Waals surface area contributed by atoms with Crippen molar-refractivity contribution >= 4 is 33.1 Å². The summed E-state index contributed by atoms with van der Waals surface area (Å²) in [4.78, 5) is 8.85. The van der Waals surface area contributed by atoms with Crippen molar-refractivity contribution in [3.63, 3.8) is 0 Å². The number of hydrogen-bond donors (Lipinski definition) is 1. The zero-order valence-electron chi connectivity index (χ0n) is 17.2. The van der Waals surface area contributed by atoms with Gasteiger partial charge in [-0.1, -0.05) is 17.7 Å². The van der Waals surface area contributed by atoms with E-state index in [2.05, 4.69) is 33.1 Å². The fourth-order valence-corrected chi connectivity index (χ4v) is 5.57. The summed E-state index contributed by atoms with van der Waals surface area (Å²) in [6.45, 7) is 9.48. The Morgan fingerprint density at radius 3 is 2.79 bits per heavy atom. The van der Waals surface area contributed by atoms with Crippen LogP contribution in [0, 0.1) is 12.8 Å². The number of benzene rings is 1. The minimum Gasteiger partial charge on any atom is -0.371 e. The minimum absolute atomic E-state index is 0.173. The molecule has 2 aliphatic heterocycles. The number of guanidine groups is 1. The van der Waals surface area contributed by atoms with Crippen LogP contribution in [0.1, 0.15) is 25.8 Å². The van der Waals surface area contributed by atoms with E-state index in [4.69, 9.17) is 11.6 Å². The summed E-state index contributed by atoms with van der Waals surface area (Å²) in [7, 11) is -1.30. The SMILES string of the molecule is CN=C(NCC1CCN(c2cc(Cl)ccc2C)C1)N1CCS(=O)(=O)C(C)(C)C1. The Hall–Kier alpha value is -1.47. The van der Waals surface area contributed by atoms with Crippen molar-refractivity contribution in [1.82, 2.24) is 10.2 Å². The zero-order chi connectivity index (χ0) is 20.5. The Morgan fingerprint density at radius 1 is 1.36 bits per heavy atom. The standard InChI is InChI=1S/C20H31ClN4O2S/c1-15-5-6-17(21)11-18(15)24-8-7-16(13-24)12-23-19(22-4)25-9-10-28(26,27)20(2,3)14-25/h5-6,11,16H,7-10,12-14H2,1-4H3,(H,22,23). The summed E-state index contributed by atoms with van der Waals surface area (Å²) in [5, 5.41) is 4.24. The van der Waals surface area contributed by atoms with Gasteiger partial charge in [0, 0.05) is 50.5 Å². The fraction of sp³-hybridized carbons (Fsp3) is 0.650. The van der Waals surface area contributed by atoms with E-state index in [1.54, 1.807) is 20.9 Å². The largest absolute Gasteiger partial charge is 0.371 e. The highest BCUT2D eigenvalue weighted by Crippen LogP contribution is 2.29. The lowest BCUT2D eigenvalue weighted by molar-refractivity contribution is 0.351. The number of rotatable bonds is 3. The van der Waals surface area contributed by atoms with Crippen LogP contribution in [-0.2, 0) is 9.84 Å². The quantitative estimate of drug-likeness (QED) is 0.594. The Labute approximate surface area is 173 Å². The summed E-state index contributed by atoms with van der Waals surface area (Å²) >= 11 is 6.18. The number of nitrogens with zero attached hydrogens (tertiary/aromatic N) is 3. The lowest BCUT2D eigenvalue weighted by Crippen LogP contribution is -2.57. The first-order valence-electron chi connectivity index (χ1n) is 9.82. The van der Waals surface area contributed by atoms with Gasteiger partial charge in [0.15, 0.2) is 15.8 Å². The van der Waals surface area contributed by atoms with Gasteiger partial charge in [-0.2, -0.15) is 0 Å². The van der Waals surface area contributed by atoms with Crippen LogP contribution in [0.25, 0.3) is 0 Å². The van der Waals surface area contributed by atoms with Crippen molar-refractivity contribution in [3.8, 4) is 0 Å². The molecule has 8 heteroatoms. The normalized spacial score (nSPS) is 24.5. The third-order valence-corrected chi connectivity index (χ3v) is 8.67. The van der Waals surface area contributed by atoms with Crippen LogP contribution in [0.15, 0.2) is 23.2 Å². The summed E-state index contributed by atoms with van der Waals surface area (Å²) in [5.74, 6) is 1.48. The second kappa shape index (κ2) is 8.11. The van der Waals surface area contributed by atoms with Crippen LogP contribution >= 0.6 is 11.6 Å². The molecular formula is C20H31ClN4O2S. The first-order valence-corrected chi connectivity index (χ1v) is 11.8. The third kappa shape index (κ3) is 4.40. The summed E-state index contributed by atoms with van der Waals surface area (Å²) in [6.07, 6.45) is 1.11. The van der Waals surface area contributed by atoms with Crippen LogP contribution < -0.4 is 10.2 Å². The van der Waals surface area contributed by atoms with Crippen molar-refractivity contribution in [2.24, 2.45) is 10.9 Å². The smallest absolute Gasteiger partial charge is 0.193 e. The van der Waals surface area contributed by atoms with Gasteiger partial charge < -0.3 is 15.1 Å². The van der Waals surface area contributed by atoms with Gasteiger partial charge in [-0.25, -0.2) is 8.42 Å². The number of aliphatic imine (C=N–C) groups is 1. The molecule has 1 aromatic carbocycles. The monoisotopic (exact) mass is 426 g/mol. The lowest BCUT2D eigenvalue weighted by Gasteiger charge is -2.39. The van der Waals surface area contributed by atoms with Crippen molar-refractivity contribution in [1.29, 1.82) is 0 Å². The second-order valence-corrected chi connectivity index (χ2v) is 11.6. The van der Waals surface area contributed by atoms with E-state index in [1.807, 2.05) is 12.1 Å². The molecule has 1 atom stereocenters. The highest BCUT2D eigenvalue weighted by molar-refractivity contribution is 7.92. The molecule has 28 heavy (non-hydrogen) atoms. The molecule has 2 saturated heterocycles. The average molecular weight is 427 g/mol. The summed E-state index contributed by atoms with van der Waals surface area (Å²) in [5.41, 5.74) is 2.45. The highest BCUT2D eigenvalue weighted by Gasteiger charge is 2.41. The van der Waals surface area contributed by atoms with Gasteiger partial charge in [-0.05, 0) is 50.8 Å². The second-order valence-electron chi connectivity index (χ2n) is 8.46. The molecule has 156 valence electrons. The lowest BCUT2D eigenvalue weighted by atomic mass is 10.1. The molecule has 0 amide bonds. The Morgan fingerprint density at radius 2 is 2.11 bits per heavy atom. The number of sulfone groups is 1. The van der Waals surface area contributed by atoms with Gasteiger partial charge in [-0.15, -0.1) is 0 Å². The van der Waals surface area contributed by atoms with Crippen molar-refractivity contribution in [3.05, 3.63) is 28.8 Å². The van der Waals surface area contributed by atoms with E-state index in [0.717, 1.165) is 37.0 Å². The van der Waals surface area contributed by atoms with E-state index in [9.17, 15) is 8.42 Å². The highest BCUT2D eigenvalue weighted by atomic mass is 35.5. The van der Waals surface area contributed by atoms with Crippen molar-refractivity contribution in [2.75, 3.05) is 50.4 Å². The molecule has 1 N–H and O–H groups in total. The zero-order valence-corrected chi connectivity index (χ0v) is 18.8. The maximum atomic E-state index is 12.2. The van der Waals surface area contributed by atoms with Gasteiger partial charge in [0.1, 0.15) is 0 Å². The van der Waals surface area contributed by atoms with Crippen LogP contribution in [0.4, 0.5) is 5.69 Å². The molecular weight excluding hydrogens is 396 g/mol. The van der Waals surface area contributed by atoms with Gasteiger partial charge in [0.05, 0.1) is 10.5 Å². The topological polar surface area (TPSA) is 65.0 Å². The molecule has 2 aliphatic rings. The van der Waals surface area contributed by atoms with E-state index in [0.29, 0.717) is 19.0 Å². The van der Waals surface area contributed by atoms with Crippen LogP contribution in [0.2, 0.25) is 5.02 Å². The van der Waals surface area contributed by atoms with Crippen LogP contribution in [0.3, 0.4) is 0 Å². The number of hydrogen-bond acceptors (Lipinski definition) is 4. The van der Waals surface area contributed by atoms with Crippen LogP contribution in [-0.4, -0.2) is 69.5 Å². The molecule has 1 aromatic rings. The summed E-state index contributed by atoms with van der Waals surface area (Å²) < 4.78 is 23.7. The van der Waals surface area contributed by atoms with E-state index < -0.39 is 14.6 Å². The van der Waals surface area contributed by atoms with Crippen molar-refractivity contribution < 1.29 is 8.42 Å². The van der Waals surface area contributed by atoms with Gasteiger partial charge in [0.25, 0.3) is 0 Å². The Bertz CT molecular complexity index is 854. The molecule has 0 aromatic heterocycles. The maximum absolute atomic E-state index is 12.2. The number of anilines is 1. The predicted octanol–water partition coefficient (Wildman–Crippen LogP) is 2.56. The molecule has 0 aliphatic carbocycles. The predicted molar refractivity (Wildman–Crippen MR) is 117 cm³/mol. The third-order valence-electron chi connectivity index (χ3n) is 5.90. The molecule has 0 bridgehead atoms. The Balaban J connectivity index is 1.57. The van der Waals surface area contributed by atoms with E-state index in [1.165, 1.54) is 11.3 Å². The minimum atomic E-state index is -3.05. The van der Waals surface area contributed by atoms with Gasteiger partial charge >= 0.3 is 0 Å². The average Bonchev–Trinajstić information content (AvgIpc) is 3.09. The van der Waals surface area contributed by atoms with Gasteiger partial charge in [-0.3, -0.25) is 4.99 Å².